The number of methoxy groups -OCH3 is 3. The molecule has 0 aliphatic rings. The van der Waals surface area contributed by atoms with E-state index in [4.69, 9.17) is 18.7 Å². The van der Waals surface area contributed by atoms with Crippen LogP contribution in [0.1, 0.15) is 16.9 Å². The summed E-state index contributed by atoms with van der Waals surface area (Å²) >= 11 is 0. The maximum atomic E-state index is 11.9. The van der Waals surface area contributed by atoms with Crippen molar-refractivity contribution in [2.24, 2.45) is 0 Å². The van der Waals surface area contributed by atoms with Gasteiger partial charge in [0.25, 0.3) is 0 Å². The lowest BCUT2D eigenvalue weighted by atomic mass is 10.1. The van der Waals surface area contributed by atoms with Crippen molar-refractivity contribution in [3.05, 3.63) is 41.3 Å². The predicted molar refractivity (Wildman–Crippen MR) is 88.2 cm³/mol. The minimum absolute atomic E-state index is 0.232. The highest BCUT2D eigenvalue weighted by Gasteiger charge is 2.12. The van der Waals surface area contributed by atoms with Gasteiger partial charge in [-0.3, -0.25) is 4.79 Å². The summed E-state index contributed by atoms with van der Waals surface area (Å²) in [6.45, 7) is 2.15. The second-order valence-electron chi connectivity index (χ2n) is 4.92. The molecule has 0 saturated carbocycles. The summed E-state index contributed by atoms with van der Waals surface area (Å²) in [5, 5.41) is 6.43. The molecule has 0 spiro atoms. The Morgan fingerprint density at radius 3 is 2.38 bits per heavy atom. The van der Waals surface area contributed by atoms with E-state index in [1.807, 2.05) is 0 Å². The molecule has 0 radical (unpaired) electrons. The average molecular weight is 332 g/mol. The highest BCUT2D eigenvalue weighted by atomic mass is 16.5. The van der Waals surface area contributed by atoms with Gasteiger partial charge in [-0.2, -0.15) is 0 Å². The lowest BCUT2D eigenvalue weighted by Gasteiger charge is -2.12. The first-order chi connectivity index (χ1) is 11.6. The Morgan fingerprint density at radius 2 is 1.88 bits per heavy atom. The lowest BCUT2D eigenvalue weighted by molar-refractivity contribution is -0.116. The molecule has 7 heteroatoms. The quantitative estimate of drug-likeness (QED) is 0.784. The molecule has 1 aromatic heterocycles. The van der Waals surface area contributed by atoms with Gasteiger partial charge in [-0.15, -0.1) is 0 Å². The SMILES string of the molecule is COc1cc(C=CC(=O)NCc2cnoc2C)cc(OC)c1OC. The number of ether oxygens (including phenoxy) is 3. The number of rotatable bonds is 7. The maximum Gasteiger partial charge on any atom is 0.244 e. The molecular formula is C17H20N2O5. The van der Waals surface area contributed by atoms with E-state index >= 15 is 0 Å². The first-order valence-electron chi connectivity index (χ1n) is 7.25. The van der Waals surface area contributed by atoms with E-state index in [0.29, 0.717) is 29.6 Å². The standard InChI is InChI=1S/C17H20N2O5/c1-11-13(10-19-24-11)9-18-16(20)6-5-12-7-14(21-2)17(23-4)15(8-12)22-3/h5-8,10H,9H2,1-4H3,(H,18,20). The van der Waals surface area contributed by atoms with Crippen LogP contribution in [-0.2, 0) is 11.3 Å². The molecule has 1 N–H and O–H groups in total. The Bertz CT molecular complexity index is 711. The Labute approximate surface area is 140 Å². The fourth-order valence-corrected chi connectivity index (χ4v) is 2.10. The Balaban J connectivity index is 2.07. The second-order valence-corrected chi connectivity index (χ2v) is 4.92. The van der Waals surface area contributed by atoms with E-state index in [0.717, 1.165) is 11.1 Å². The third kappa shape index (κ3) is 4.07. The van der Waals surface area contributed by atoms with Gasteiger partial charge in [-0.1, -0.05) is 5.16 Å². The average Bonchev–Trinajstić information content (AvgIpc) is 3.01. The highest BCUT2D eigenvalue weighted by Crippen LogP contribution is 2.38. The molecule has 24 heavy (non-hydrogen) atoms. The minimum atomic E-state index is -0.232. The maximum absolute atomic E-state index is 11.9. The van der Waals surface area contributed by atoms with Gasteiger partial charge in [-0.25, -0.2) is 0 Å². The van der Waals surface area contributed by atoms with Crippen LogP contribution in [0.4, 0.5) is 0 Å². The van der Waals surface area contributed by atoms with E-state index in [1.54, 1.807) is 45.5 Å². The minimum Gasteiger partial charge on any atom is -0.493 e. The number of hydrogen-bond acceptors (Lipinski definition) is 6. The number of amides is 1. The van der Waals surface area contributed by atoms with Crippen molar-refractivity contribution in [2.75, 3.05) is 21.3 Å². The smallest absolute Gasteiger partial charge is 0.244 e. The van der Waals surface area contributed by atoms with Gasteiger partial charge in [0.1, 0.15) is 5.76 Å². The largest absolute Gasteiger partial charge is 0.493 e. The summed E-state index contributed by atoms with van der Waals surface area (Å²) in [6, 6.07) is 3.52. The van der Waals surface area contributed by atoms with E-state index < -0.39 is 0 Å². The summed E-state index contributed by atoms with van der Waals surface area (Å²) < 4.78 is 20.8. The van der Waals surface area contributed by atoms with Crippen LogP contribution in [0, 0.1) is 6.92 Å². The molecule has 0 saturated heterocycles. The number of carbonyl (C=O) groups excluding carboxylic acids is 1. The van der Waals surface area contributed by atoms with E-state index in [9.17, 15) is 4.79 Å². The first kappa shape index (κ1) is 17.4. The number of aromatic nitrogens is 1. The van der Waals surface area contributed by atoms with Gasteiger partial charge in [-0.05, 0) is 30.7 Å². The number of hydrogen-bond donors (Lipinski definition) is 1. The van der Waals surface area contributed by atoms with Gasteiger partial charge >= 0.3 is 0 Å². The zero-order chi connectivity index (χ0) is 17.5. The molecular weight excluding hydrogens is 312 g/mol. The molecule has 0 fully saturated rings. The Kier molecular flexibility index (Phi) is 5.83. The normalized spacial score (nSPS) is 10.7. The van der Waals surface area contributed by atoms with Crippen molar-refractivity contribution in [2.45, 2.75) is 13.5 Å². The van der Waals surface area contributed by atoms with Crippen molar-refractivity contribution in [1.29, 1.82) is 0 Å². The number of nitrogens with one attached hydrogen (secondary N) is 1. The molecule has 0 aliphatic carbocycles. The fraction of sp³-hybridized carbons (Fsp3) is 0.294. The van der Waals surface area contributed by atoms with Crippen LogP contribution >= 0.6 is 0 Å². The van der Waals surface area contributed by atoms with E-state index in [2.05, 4.69) is 10.5 Å². The summed E-state index contributed by atoms with van der Waals surface area (Å²) in [5.41, 5.74) is 1.59. The zero-order valence-corrected chi connectivity index (χ0v) is 14.1. The topological polar surface area (TPSA) is 82.8 Å². The molecule has 0 bridgehead atoms. The van der Waals surface area contributed by atoms with Gasteiger partial charge in [0.05, 0.1) is 27.5 Å². The second kappa shape index (κ2) is 8.05. The summed E-state index contributed by atoms with van der Waals surface area (Å²) in [4.78, 5) is 11.9. The molecule has 128 valence electrons. The molecule has 0 unspecified atom stereocenters. The first-order valence-corrected chi connectivity index (χ1v) is 7.25. The molecule has 7 nitrogen and oxygen atoms in total. The van der Waals surface area contributed by atoms with Crippen LogP contribution in [0.2, 0.25) is 0 Å². The molecule has 0 aliphatic heterocycles. The van der Waals surface area contributed by atoms with Gasteiger partial charge in [0, 0.05) is 18.2 Å². The van der Waals surface area contributed by atoms with Crippen LogP contribution in [0.25, 0.3) is 6.08 Å². The zero-order valence-electron chi connectivity index (χ0n) is 14.1. The lowest BCUT2D eigenvalue weighted by Crippen LogP contribution is -2.20. The van der Waals surface area contributed by atoms with Crippen molar-refractivity contribution in [3.8, 4) is 17.2 Å². The summed E-state index contributed by atoms with van der Waals surface area (Å²) in [5.74, 6) is 2.01. The third-order valence-electron chi connectivity index (χ3n) is 3.42. The molecule has 2 rings (SSSR count). The van der Waals surface area contributed by atoms with Crippen LogP contribution < -0.4 is 19.5 Å². The number of carbonyl (C=O) groups is 1. The number of nitrogens with zero attached hydrogens (tertiary/aromatic N) is 1. The summed E-state index contributed by atoms with van der Waals surface area (Å²) in [7, 11) is 4.62. The van der Waals surface area contributed by atoms with Gasteiger partial charge in [0.2, 0.25) is 11.7 Å². The molecule has 1 aromatic carbocycles. The molecule has 1 amide bonds. The fourth-order valence-electron chi connectivity index (χ4n) is 2.10. The molecule has 0 atom stereocenters. The van der Waals surface area contributed by atoms with E-state index in [1.165, 1.54) is 13.2 Å². The molecule has 2 aromatic rings. The monoisotopic (exact) mass is 332 g/mol. The van der Waals surface area contributed by atoms with Crippen molar-refractivity contribution < 1.29 is 23.5 Å². The van der Waals surface area contributed by atoms with E-state index in [-0.39, 0.29) is 5.91 Å². The van der Waals surface area contributed by atoms with Gasteiger partial charge < -0.3 is 24.1 Å². The van der Waals surface area contributed by atoms with Crippen LogP contribution in [0.3, 0.4) is 0 Å². The van der Waals surface area contributed by atoms with Crippen LogP contribution in [0.15, 0.2) is 28.9 Å². The van der Waals surface area contributed by atoms with Gasteiger partial charge in [0.15, 0.2) is 11.5 Å². The summed E-state index contributed by atoms with van der Waals surface area (Å²) in [6.07, 6.45) is 4.68. The third-order valence-corrected chi connectivity index (χ3v) is 3.42. The number of benzene rings is 1. The van der Waals surface area contributed by atoms with Crippen LogP contribution in [-0.4, -0.2) is 32.4 Å². The molecule has 1 heterocycles. The van der Waals surface area contributed by atoms with Crippen molar-refractivity contribution in [1.82, 2.24) is 10.5 Å². The number of aryl methyl sites for hydroxylation is 1. The van der Waals surface area contributed by atoms with Crippen LogP contribution in [0.5, 0.6) is 17.2 Å². The Hall–Kier alpha value is -2.96. The van der Waals surface area contributed by atoms with Crippen molar-refractivity contribution in [3.63, 3.8) is 0 Å². The highest BCUT2D eigenvalue weighted by molar-refractivity contribution is 5.91. The predicted octanol–water partition coefficient (Wildman–Crippen LogP) is 2.34. The van der Waals surface area contributed by atoms with Crippen molar-refractivity contribution >= 4 is 12.0 Å². The Morgan fingerprint density at radius 1 is 1.21 bits per heavy atom.